The number of hydrogen-bond acceptors (Lipinski definition) is 2. The Bertz CT molecular complexity index is 1240. The second-order valence-electron chi connectivity index (χ2n) is 8.77. The minimum absolute atomic E-state index is 1.15. The summed E-state index contributed by atoms with van der Waals surface area (Å²) in [6, 6.07) is 65.2. The Morgan fingerprint density at radius 3 is 0.548 bits per heavy atom. The van der Waals surface area contributed by atoms with Gasteiger partial charge in [0.1, 0.15) is 7.40 Å². The van der Waals surface area contributed by atoms with Crippen LogP contribution in [0.2, 0.25) is 0 Å². The molecule has 6 aromatic carbocycles. The third-order valence-corrected chi connectivity index (χ3v) is 15.2. The summed E-state index contributed by atoms with van der Waals surface area (Å²) in [5.74, 6) is 0. The number of hydrogen-bond donors (Lipinski definition) is 0. The summed E-state index contributed by atoms with van der Waals surface area (Å²) < 4.78 is 18.6. The van der Waals surface area contributed by atoms with E-state index in [1.807, 2.05) is 0 Å². The van der Waals surface area contributed by atoms with E-state index in [1.165, 1.54) is 26.8 Å². The van der Waals surface area contributed by atoms with Crippen molar-refractivity contribution in [1.29, 1.82) is 0 Å². The number of benzene rings is 6. The Kier molecular flexibility index (Phi) is 12.8. The van der Waals surface area contributed by atoms with E-state index in [1.54, 1.807) is 0 Å². The first-order chi connectivity index (χ1) is 20.6. The molecule has 0 atom stereocenters. The van der Waals surface area contributed by atoms with Gasteiger partial charge in [0.05, 0.1) is 0 Å². The van der Waals surface area contributed by atoms with Crippen LogP contribution in [0.25, 0.3) is 0 Å². The molecule has 0 fully saturated rings. The molecular formula is C36H30BFO2Se2. The van der Waals surface area contributed by atoms with Gasteiger partial charge < -0.3 is 14.4 Å². The molecule has 0 saturated carbocycles. The monoisotopic (exact) mass is 684 g/mol. The predicted molar refractivity (Wildman–Crippen MR) is 175 cm³/mol. The molecule has 0 amide bonds. The molecule has 6 aromatic rings. The van der Waals surface area contributed by atoms with Gasteiger partial charge in [0.15, 0.2) is 0 Å². The van der Waals surface area contributed by atoms with Gasteiger partial charge in [-0.25, -0.2) is 0 Å². The fourth-order valence-electron chi connectivity index (χ4n) is 4.16. The molecule has 0 aliphatic heterocycles. The SMILES string of the molecule is [O-]B([O-])F.c1ccc([Se+](c2ccccc2)c2ccccc2)cc1.c1ccc([Se+](c2ccccc2)c2ccccc2)cc1. The molecule has 42 heavy (non-hydrogen) atoms. The predicted octanol–water partition coefficient (Wildman–Crippen LogP) is 2.07. The standard InChI is InChI=1S/2C18H15Se.BFO2/c2*1-4-10-16(11-5-1)19(17-12-6-2-7-13-17)18-14-8-3-9-15-18;2-1(3)4/h2*1-15H;/q2*+1;-2. The van der Waals surface area contributed by atoms with Crippen LogP contribution in [0, 0.1) is 0 Å². The summed E-state index contributed by atoms with van der Waals surface area (Å²) in [5.41, 5.74) is 0. The van der Waals surface area contributed by atoms with Gasteiger partial charge >= 0.3 is 237 Å². The first kappa shape index (κ1) is 31.2. The molecule has 6 rings (SSSR count). The summed E-state index contributed by atoms with van der Waals surface area (Å²) in [5, 5.41) is 16.6. The van der Waals surface area contributed by atoms with Crippen LogP contribution >= 0.6 is 0 Å². The Balaban J connectivity index is 0.000000171. The minimum atomic E-state index is -3.17. The summed E-state index contributed by atoms with van der Waals surface area (Å²) in [7, 11) is -3.17. The quantitative estimate of drug-likeness (QED) is 0.253. The van der Waals surface area contributed by atoms with E-state index < -0.39 is 35.2 Å². The third kappa shape index (κ3) is 9.68. The van der Waals surface area contributed by atoms with Gasteiger partial charge in [0.25, 0.3) is 0 Å². The van der Waals surface area contributed by atoms with Crippen molar-refractivity contribution in [3.8, 4) is 0 Å². The van der Waals surface area contributed by atoms with Crippen molar-refractivity contribution in [2.75, 3.05) is 0 Å². The van der Waals surface area contributed by atoms with Crippen molar-refractivity contribution in [1.82, 2.24) is 0 Å². The maximum absolute atomic E-state index is 9.89. The third-order valence-electron chi connectivity index (χ3n) is 5.87. The Morgan fingerprint density at radius 2 is 0.429 bits per heavy atom. The molecule has 2 nitrogen and oxygen atoms in total. The average molecular weight is 682 g/mol. The zero-order valence-corrected chi connectivity index (χ0v) is 26.3. The second kappa shape index (κ2) is 17.3. The summed E-state index contributed by atoms with van der Waals surface area (Å²) >= 11 is -2.29. The summed E-state index contributed by atoms with van der Waals surface area (Å²) in [6.45, 7) is 0. The fraction of sp³-hybridized carbons (Fsp3) is 0. The van der Waals surface area contributed by atoms with E-state index in [2.05, 4.69) is 182 Å². The van der Waals surface area contributed by atoms with Gasteiger partial charge in [-0.15, -0.1) is 0 Å². The van der Waals surface area contributed by atoms with Gasteiger partial charge in [-0.3, -0.25) is 0 Å². The van der Waals surface area contributed by atoms with Gasteiger partial charge in [-0.2, -0.15) is 0 Å². The Morgan fingerprint density at radius 1 is 0.310 bits per heavy atom. The molecular weight excluding hydrogens is 652 g/mol. The van der Waals surface area contributed by atoms with E-state index >= 15 is 0 Å². The van der Waals surface area contributed by atoms with Gasteiger partial charge in [0, 0.05) is 0 Å². The summed E-state index contributed by atoms with van der Waals surface area (Å²) in [6.07, 6.45) is 0. The maximum atomic E-state index is 9.89. The van der Waals surface area contributed by atoms with Gasteiger partial charge in [0.2, 0.25) is 0 Å². The average Bonchev–Trinajstić information content (AvgIpc) is 3.05. The molecule has 0 bridgehead atoms. The first-order valence-electron chi connectivity index (χ1n) is 13.4. The van der Waals surface area contributed by atoms with Crippen LogP contribution in [-0.4, -0.2) is 35.2 Å². The molecule has 6 heteroatoms. The van der Waals surface area contributed by atoms with Crippen molar-refractivity contribution < 1.29 is 14.4 Å². The van der Waals surface area contributed by atoms with Crippen molar-refractivity contribution in [3.05, 3.63) is 182 Å². The zero-order chi connectivity index (χ0) is 29.4. The molecule has 0 N–H and O–H groups in total. The van der Waals surface area contributed by atoms with Crippen LogP contribution in [0.1, 0.15) is 0 Å². The van der Waals surface area contributed by atoms with E-state index in [0.717, 1.165) is 0 Å². The molecule has 0 radical (unpaired) electrons. The van der Waals surface area contributed by atoms with E-state index in [0.29, 0.717) is 0 Å². The number of rotatable bonds is 6. The fourth-order valence-corrected chi connectivity index (χ4v) is 13.0. The molecule has 0 aliphatic rings. The second-order valence-corrected chi connectivity index (χ2v) is 17.3. The Hall–Kier alpha value is -3.73. The molecule has 208 valence electrons. The molecule has 0 aromatic heterocycles. The molecule has 0 saturated heterocycles. The van der Waals surface area contributed by atoms with Crippen LogP contribution in [0.15, 0.2) is 182 Å². The van der Waals surface area contributed by atoms with Crippen molar-refractivity contribution >= 4 is 62.0 Å². The van der Waals surface area contributed by atoms with E-state index in [4.69, 9.17) is 10.0 Å². The number of halogens is 1. The first-order valence-corrected chi connectivity index (χ1v) is 18.5. The molecule has 0 spiro atoms. The van der Waals surface area contributed by atoms with Gasteiger partial charge in [-0.1, -0.05) is 0 Å². The normalized spacial score (nSPS) is 10.2. The van der Waals surface area contributed by atoms with Crippen molar-refractivity contribution in [2.24, 2.45) is 0 Å². The molecule has 0 unspecified atom stereocenters. The van der Waals surface area contributed by atoms with Gasteiger partial charge in [-0.05, 0) is 0 Å². The summed E-state index contributed by atoms with van der Waals surface area (Å²) in [4.78, 5) is 0. The topological polar surface area (TPSA) is 46.1 Å². The molecule has 0 aliphatic carbocycles. The van der Waals surface area contributed by atoms with Crippen molar-refractivity contribution in [2.45, 2.75) is 0 Å². The van der Waals surface area contributed by atoms with Crippen LogP contribution in [-0.2, 0) is 0 Å². The van der Waals surface area contributed by atoms with E-state index in [-0.39, 0.29) is 0 Å². The zero-order valence-electron chi connectivity index (χ0n) is 22.9. The van der Waals surface area contributed by atoms with E-state index in [9.17, 15) is 4.32 Å². The van der Waals surface area contributed by atoms with Crippen LogP contribution in [0.4, 0.5) is 4.32 Å². The van der Waals surface area contributed by atoms with Crippen LogP contribution in [0.5, 0.6) is 0 Å². The Labute approximate surface area is 257 Å². The van der Waals surface area contributed by atoms with Crippen LogP contribution < -0.4 is 36.8 Å². The van der Waals surface area contributed by atoms with Crippen molar-refractivity contribution in [3.63, 3.8) is 0 Å². The van der Waals surface area contributed by atoms with Crippen LogP contribution in [0.3, 0.4) is 0 Å². The molecule has 0 heterocycles.